The molecule has 1 aliphatic rings. The molecule has 4 nitrogen and oxygen atoms in total. The number of ether oxygens (including phenoxy) is 1. The maximum Gasteiger partial charge on any atom is 0.340 e. The average molecular weight is 367 g/mol. The second-order valence-corrected chi connectivity index (χ2v) is 7.88. The Kier molecular flexibility index (Phi) is 4.41. The smallest absolute Gasteiger partial charge is 0.340 e. The van der Waals surface area contributed by atoms with Crippen LogP contribution in [0.4, 0.5) is 0 Å². The SMILES string of the molecule is COC(=O)c1csc2c(CCCC3(c4ccccc4)CC3)cc(=O)[nH]c12. The van der Waals surface area contributed by atoms with Crippen molar-refractivity contribution in [2.75, 3.05) is 7.11 Å². The maximum atomic E-state index is 12.1. The van der Waals surface area contributed by atoms with Crippen LogP contribution in [-0.4, -0.2) is 18.1 Å². The zero-order chi connectivity index (χ0) is 18.1. The van der Waals surface area contributed by atoms with E-state index in [0.29, 0.717) is 16.5 Å². The molecule has 0 amide bonds. The number of thiophene rings is 1. The molecule has 26 heavy (non-hydrogen) atoms. The van der Waals surface area contributed by atoms with E-state index in [1.54, 1.807) is 11.4 Å². The Morgan fingerprint density at radius 2 is 2.04 bits per heavy atom. The molecule has 1 fully saturated rings. The Morgan fingerprint density at radius 3 is 2.73 bits per heavy atom. The van der Waals surface area contributed by atoms with Gasteiger partial charge in [-0.2, -0.15) is 0 Å². The number of carbonyl (C=O) groups is 1. The fraction of sp³-hybridized carbons (Fsp3) is 0.333. The van der Waals surface area contributed by atoms with Gasteiger partial charge >= 0.3 is 5.97 Å². The predicted molar refractivity (Wildman–Crippen MR) is 104 cm³/mol. The number of aromatic nitrogens is 1. The highest BCUT2D eigenvalue weighted by atomic mass is 32.1. The number of pyridine rings is 1. The molecule has 1 aromatic carbocycles. The van der Waals surface area contributed by atoms with Crippen LogP contribution in [-0.2, 0) is 16.6 Å². The van der Waals surface area contributed by atoms with Crippen molar-refractivity contribution in [2.24, 2.45) is 0 Å². The molecule has 2 aromatic heterocycles. The van der Waals surface area contributed by atoms with Crippen LogP contribution in [0.1, 0.15) is 47.2 Å². The average Bonchev–Trinajstić information content (AvgIpc) is 3.33. The molecule has 5 heteroatoms. The van der Waals surface area contributed by atoms with E-state index in [1.807, 2.05) is 0 Å². The predicted octanol–water partition coefficient (Wildman–Crippen LogP) is 4.43. The van der Waals surface area contributed by atoms with Gasteiger partial charge in [-0.25, -0.2) is 4.79 Å². The van der Waals surface area contributed by atoms with Crippen molar-refractivity contribution in [1.82, 2.24) is 4.98 Å². The second kappa shape index (κ2) is 6.72. The maximum absolute atomic E-state index is 12.1. The molecule has 0 bridgehead atoms. The molecule has 4 rings (SSSR count). The van der Waals surface area contributed by atoms with Gasteiger partial charge in [-0.05, 0) is 48.6 Å². The molecule has 1 saturated carbocycles. The first-order valence-corrected chi connectivity index (χ1v) is 9.78. The summed E-state index contributed by atoms with van der Waals surface area (Å²) in [6.07, 6.45) is 5.48. The summed E-state index contributed by atoms with van der Waals surface area (Å²) in [6, 6.07) is 12.4. The first kappa shape index (κ1) is 17.0. The van der Waals surface area contributed by atoms with Crippen LogP contribution < -0.4 is 5.56 Å². The summed E-state index contributed by atoms with van der Waals surface area (Å²) in [6.45, 7) is 0. The highest BCUT2D eigenvalue weighted by molar-refractivity contribution is 7.17. The van der Waals surface area contributed by atoms with Crippen LogP contribution in [0.3, 0.4) is 0 Å². The van der Waals surface area contributed by atoms with Gasteiger partial charge in [0.25, 0.3) is 0 Å². The summed E-state index contributed by atoms with van der Waals surface area (Å²) in [7, 11) is 1.35. The number of fused-ring (bicyclic) bond motifs is 1. The molecular weight excluding hydrogens is 346 g/mol. The van der Waals surface area contributed by atoms with Gasteiger partial charge < -0.3 is 9.72 Å². The van der Waals surface area contributed by atoms with E-state index < -0.39 is 5.97 Å². The number of aryl methyl sites for hydroxylation is 1. The third-order valence-corrected chi connectivity index (χ3v) is 6.44. The van der Waals surface area contributed by atoms with Gasteiger partial charge in [0.1, 0.15) is 0 Å². The van der Waals surface area contributed by atoms with Crippen LogP contribution in [0, 0.1) is 0 Å². The Labute approximate surface area is 155 Å². The zero-order valence-corrected chi connectivity index (χ0v) is 15.5. The lowest BCUT2D eigenvalue weighted by atomic mass is 9.89. The van der Waals surface area contributed by atoms with E-state index in [4.69, 9.17) is 4.74 Å². The first-order chi connectivity index (χ1) is 12.6. The van der Waals surface area contributed by atoms with Gasteiger partial charge in [-0.15, -0.1) is 11.3 Å². The van der Waals surface area contributed by atoms with Crippen LogP contribution >= 0.6 is 11.3 Å². The van der Waals surface area contributed by atoms with Crippen molar-refractivity contribution >= 4 is 27.5 Å². The summed E-state index contributed by atoms with van der Waals surface area (Å²) in [4.78, 5) is 26.7. The molecular formula is C21H21NO3S. The van der Waals surface area contributed by atoms with Crippen molar-refractivity contribution < 1.29 is 9.53 Å². The molecule has 2 heterocycles. The molecule has 0 unspecified atom stereocenters. The quantitative estimate of drug-likeness (QED) is 0.656. The number of rotatable bonds is 6. The van der Waals surface area contributed by atoms with Crippen LogP contribution in [0.25, 0.3) is 10.2 Å². The number of carbonyl (C=O) groups excluding carboxylic acids is 1. The fourth-order valence-electron chi connectivity index (χ4n) is 3.79. The van der Waals surface area contributed by atoms with Crippen LogP contribution in [0.2, 0.25) is 0 Å². The zero-order valence-electron chi connectivity index (χ0n) is 14.7. The number of hydrogen-bond acceptors (Lipinski definition) is 4. The normalized spacial score (nSPS) is 15.1. The van der Waals surface area contributed by atoms with Crippen LogP contribution in [0.15, 0.2) is 46.6 Å². The lowest BCUT2D eigenvalue weighted by Crippen LogP contribution is -2.10. The molecule has 0 aliphatic heterocycles. The minimum absolute atomic E-state index is 0.166. The Hall–Kier alpha value is -2.40. The van der Waals surface area contributed by atoms with Gasteiger partial charge in [0.15, 0.2) is 0 Å². The van der Waals surface area contributed by atoms with Crippen molar-refractivity contribution in [3.8, 4) is 0 Å². The van der Waals surface area contributed by atoms with Crippen molar-refractivity contribution in [2.45, 2.75) is 37.5 Å². The van der Waals surface area contributed by atoms with Gasteiger partial charge in [-0.3, -0.25) is 4.79 Å². The summed E-state index contributed by atoms with van der Waals surface area (Å²) in [5.41, 5.74) is 3.66. The van der Waals surface area contributed by atoms with Crippen molar-refractivity contribution in [3.05, 3.63) is 68.8 Å². The number of aromatic amines is 1. The van der Waals surface area contributed by atoms with E-state index >= 15 is 0 Å². The fourth-order valence-corrected chi connectivity index (χ4v) is 4.83. The molecule has 1 N–H and O–H groups in total. The Balaban J connectivity index is 1.54. The van der Waals surface area contributed by atoms with Gasteiger partial charge in [0.05, 0.1) is 22.9 Å². The van der Waals surface area contributed by atoms with E-state index in [1.165, 1.54) is 36.9 Å². The highest BCUT2D eigenvalue weighted by Crippen LogP contribution is 2.51. The molecule has 1 aliphatic carbocycles. The molecule has 0 spiro atoms. The summed E-state index contributed by atoms with van der Waals surface area (Å²) in [5.74, 6) is -0.412. The van der Waals surface area contributed by atoms with Gasteiger partial charge in [0.2, 0.25) is 5.56 Å². The minimum atomic E-state index is -0.412. The van der Waals surface area contributed by atoms with Gasteiger partial charge in [-0.1, -0.05) is 30.3 Å². The summed E-state index contributed by atoms with van der Waals surface area (Å²) < 4.78 is 5.79. The monoisotopic (exact) mass is 367 g/mol. The van der Waals surface area contributed by atoms with Crippen molar-refractivity contribution in [1.29, 1.82) is 0 Å². The van der Waals surface area contributed by atoms with E-state index in [-0.39, 0.29) is 5.56 Å². The van der Waals surface area contributed by atoms with Crippen molar-refractivity contribution in [3.63, 3.8) is 0 Å². The molecule has 0 saturated heterocycles. The van der Waals surface area contributed by atoms with E-state index in [2.05, 4.69) is 35.3 Å². The largest absolute Gasteiger partial charge is 0.465 e. The number of nitrogens with one attached hydrogen (secondary N) is 1. The minimum Gasteiger partial charge on any atom is -0.465 e. The summed E-state index contributed by atoms with van der Waals surface area (Å²) in [5, 5.41) is 1.77. The molecule has 134 valence electrons. The highest BCUT2D eigenvalue weighted by Gasteiger charge is 2.43. The Morgan fingerprint density at radius 1 is 1.27 bits per heavy atom. The number of hydrogen-bond donors (Lipinski definition) is 1. The molecule has 3 aromatic rings. The van der Waals surface area contributed by atoms with Crippen LogP contribution in [0.5, 0.6) is 0 Å². The number of H-pyrrole nitrogens is 1. The molecule has 0 radical (unpaired) electrons. The second-order valence-electron chi connectivity index (χ2n) is 7.00. The first-order valence-electron chi connectivity index (χ1n) is 8.90. The lowest BCUT2D eigenvalue weighted by Gasteiger charge is -2.15. The topological polar surface area (TPSA) is 59.2 Å². The third-order valence-electron chi connectivity index (χ3n) is 5.38. The number of esters is 1. The lowest BCUT2D eigenvalue weighted by molar-refractivity contribution is 0.0603. The standard InChI is InChI=1S/C21H21NO3S/c1-25-20(24)16-13-26-19-14(12-17(23)22-18(16)19)6-5-9-21(10-11-21)15-7-3-2-4-8-15/h2-4,7-8,12-13H,5-6,9-11H2,1H3,(H,22,23). The third kappa shape index (κ3) is 3.07. The molecule has 0 atom stereocenters. The Bertz CT molecular complexity index is 999. The summed E-state index contributed by atoms with van der Waals surface area (Å²) >= 11 is 1.49. The van der Waals surface area contributed by atoms with E-state index in [9.17, 15) is 9.59 Å². The number of benzene rings is 1. The van der Waals surface area contributed by atoms with Gasteiger partial charge in [0, 0.05) is 11.4 Å². The number of methoxy groups -OCH3 is 1. The van der Waals surface area contributed by atoms with E-state index in [0.717, 1.165) is 29.5 Å².